The van der Waals surface area contributed by atoms with Crippen molar-refractivity contribution in [2.24, 2.45) is 0 Å². The van der Waals surface area contributed by atoms with Crippen molar-refractivity contribution in [3.8, 4) is 16.8 Å². The smallest absolute Gasteiger partial charge is 0.136 e. The van der Waals surface area contributed by atoms with Crippen LogP contribution in [0.2, 0.25) is 0 Å². The van der Waals surface area contributed by atoms with Gasteiger partial charge in [-0.25, -0.2) is 0 Å². The number of hydrogen-bond acceptors (Lipinski definition) is 1. The van der Waals surface area contributed by atoms with Crippen LogP contribution in [0.1, 0.15) is 35.6 Å². The van der Waals surface area contributed by atoms with Crippen LogP contribution in [-0.2, 0) is 0 Å². The molecule has 13 aromatic rings. The molecule has 0 fully saturated rings. The van der Waals surface area contributed by atoms with Crippen LogP contribution in [0.3, 0.4) is 0 Å². The van der Waals surface area contributed by atoms with Crippen LogP contribution in [0.4, 0.5) is 0 Å². The monoisotopic (exact) mass is 672 g/mol. The quantitative estimate of drug-likeness (QED) is 0.168. The number of fused-ring (bicyclic) bond motifs is 12. The van der Waals surface area contributed by atoms with E-state index in [9.17, 15) is 16.4 Å². The molecule has 0 aliphatic heterocycles. The third kappa shape index (κ3) is 3.16. The summed E-state index contributed by atoms with van der Waals surface area (Å²) < 4.78 is 246. The molecular weight excluding hydrogens is 621 g/mol. The lowest BCUT2D eigenvalue weighted by Crippen LogP contribution is -1.94. The van der Waals surface area contributed by atoms with Gasteiger partial charge >= 0.3 is 0 Å². The number of aromatic nitrogens is 2. The Kier molecular flexibility index (Phi) is 2.16. The fourth-order valence-electron chi connectivity index (χ4n) is 7.48. The van der Waals surface area contributed by atoms with E-state index in [1.165, 1.54) is 0 Å². The zero-order chi connectivity index (χ0) is 55.6. The molecule has 9 aromatic carbocycles. The molecule has 0 aliphatic rings. The number of benzene rings is 9. The molecule has 13 rings (SSSR count). The Labute approximate surface area is 326 Å². The standard InChI is InChI=1S/C48H26N2O/c1-4-15-41-31(8-1)35-12-5-13-36-39-25-28(19-23-43(39)50(41)48(35)36)27-18-22-42-38(24-27)32-9-2-3-14-40(32)49(42)29-20-21-30-33-10-6-16-44-46(33)47-34(37(30)26-29)11-7-17-45(47)51-44/h1-26H/i1D,2D,3D,4D,5D,6D,7D,8D,9D,10D,11D,12D,13D,14D,15D,16D,17D,18D,19D,20D,21D,22D,23D,24D,25D,26D. The third-order valence-corrected chi connectivity index (χ3v) is 9.55. The minimum atomic E-state index is -0.968. The van der Waals surface area contributed by atoms with Crippen LogP contribution in [-0.4, -0.2) is 8.97 Å². The first kappa shape index (κ1) is 12.2. The van der Waals surface area contributed by atoms with E-state index >= 15 is 0 Å². The summed E-state index contributed by atoms with van der Waals surface area (Å²) in [7, 11) is 0. The van der Waals surface area contributed by atoms with Gasteiger partial charge in [0.25, 0.3) is 0 Å². The van der Waals surface area contributed by atoms with Gasteiger partial charge in [0.05, 0.1) is 63.2 Å². The van der Waals surface area contributed by atoms with Crippen molar-refractivity contribution in [3.05, 3.63) is 157 Å². The zero-order valence-corrected chi connectivity index (χ0v) is 25.3. The molecule has 0 saturated carbocycles. The van der Waals surface area contributed by atoms with Crippen LogP contribution in [0, 0.1) is 0 Å². The molecule has 3 nitrogen and oxygen atoms in total. The van der Waals surface area contributed by atoms with Crippen molar-refractivity contribution in [3.63, 3.8) is 0 Å². The number of hydrogen-bond donors (Lipinski definition) is 0. The molecule has 3 heteroatoms. The van der Waals surface area contributed by atoms with E-state index in [4.69, 9.17) is 23.6 Å². The molecule has 234 valence electrons. The van der Waals surface area contributed by atoms with Gasteiger partial charge in [0.1, 0.15) is 11.2 Å². The van der Waals surface area contributed by atoms with Gasteiger partial charge < -0.3 is 13.4 Å². The molecule has 0 N–H and O–H groups in total. The van der Waals surface area contributed by atoms with E-state index in [1.807, 2.05) is 0 Å². The molecule has 0 atom stereocenters. The van der Waals surface area contributed by atoms with Crippen molar-refractivity contribution in [2.45, 2.75) is 0 Å². The number of para-hydroxylation sites is 3. The minimum Gasteiger partial charge on any atom is -0.456 e. The molecule has 0 bridgehead atoms. The van der Waals surface area contributed by atoms with Gasteiger partial charge in [-0.3, -0.25) is 0 Å². The molecule has 0 spiro atoms. The van der Waals surface area contributed by atoms with E-state index in [0.717, 1.165) is 8.97 Å². The Morgan fingerprint density at radius 2 is 0.902 bits per heavy atom. The van der Waals surface area contributed by atoms with Gasteiger partial charge in [0.2, 0.25) is 0 Å². The molecule has 0 amide bonds. The van der Waals surface area contributed by atoms with Gasteiger partial charge in [-0.1, -0.05) is 96.7 Å². The minimum absolute atomic E-state index is 0.0863. The SMILES string of the molecule is [2H]c1c(-n2c3c([2H])c([2H])c([2H])c([2H])c3c3c([2H])c(-c4c([2H])c([2H])c5c(c4[2H])c4c([2H])c([2H])c([2H])c6c7c([2H])c([2H])c([2H])c([2H])c7n5c64)c([2H])c([2H])c32)c([2H])c2c(c1[2H])c1c([2H])c([2H])c([2H])c3oc4c([2H])c([2H])c([2H])c2c4c31. The molecule has 4 heterocycles. The Hall–Kier alpha value is -6.84. The van der Waals surface area contributed by atoms with Crippen molar-refractivity contribution >= 4 is 103 Å². The van der Waals surface area contributed by atoms with E-state index in [2.05, 4.69) is 0 Å². The number of nitrogens with zero attached hydrogens (tertiary/aromatic N) is 2. The first-order chi connectivity index (χ1) is 36.2. The Morgan fingerprint density at radius 3 is 1.67 bits per heavy atom. The van der Waals surface area contributed by atoms with Gasteiger partial charge in [0, 0.05) is 48.8 Å². The predicted molar refractivity (Wildman–Crippen MR) is 214 cm³/mol. The van der Waals surface area contributed by atoms with Crippen LogP contribution in [0.15, 0.2) is 162 Å². The Balaban J connectivity index is 1.23. The van der Waals surface area contributed by atoms with E-state index in [0.29, 0.717) is 0 Å². The summed E-state index contributed by atoms with van der Waals surface area (Å²) in [5, 5.41) is -3.79. The normalized spacial score (nSPS) is 19.8. The lowest BCUT2D eigenvalue weighted by molar-refractivity contribution is 0.669. The van der Waals surface area contributed by atoms with Gasteiger partial charge in [-0.15, -0.1) is 0 Å². The van der Waals surface area contributed by atoms with Crippen molar-refractivity contribution in [1.29, 1.82) is 0 Å². The second-order valence-corrected chi connectivity index (χ2v) is 12.0. The molecule has 4 aromatic heterocycles. The summed E-state index contributed by atoms with van der Waals surface area (Å²) in [6.45, 7) is 0. The molecule has 0 saturated heterocycles. The zero-order valence-electron chi connectivity index (χ0n) is 51.3. The highest BCUT2D eigenvalue weighted by molar-refractivity contribution is 6.33. The van der Waals surface area contributed by atoms with Crippen LogP contribution >= 0.6 is 0 Å². The van der Waals surface area contributed by atoms with Crippen LogP contribution in [0.25, 0.3) is 120 Å². The topological polar surface area (TPSA) is 22.5 Å². The predicted octanol–water partition coefficient (Wildman–Crippen LogP) is 13.2. The second kappa shape index (κ2) is 9.03. The summed E-state index contributed by atoms with van der Waals surface area (Å²) in [4.78, 5) is 0. The molecular formula is C48H26N2O. The lowest BCUT2D eigenvalue weighted by atomic mass is 9.94. The maximum absolute atomic E-state index is 9.99. The van der Waals surface area contributed by atoms with Crippen molar-refractivity contribution in [1.82, 2.24) is 8.97 Å². The Bertz CT molecular complexity index is 5110. The average molecular weight is 673 g/mol. The first-order valence-corrected chi connectivity index (χ1v) is 15.5. The highest BCUT2D eigenvalue weighted by Gasteiger charge is 2.20. The Morgan fingerprint density at radius 1 is 0.373 bits per heavy atom. The van der Waals surface area contributed by atoms with E-state index in [1.54, 1.807) is 0 Å². The second-order valence-electron chi connectivity index (χ2n) is 12.0. The largest absolute Gasteiger partial charge is 0.456 e. The highest BCUT2D eigenvalue weighted by Crippen LogP contribution is 2.44. The molecule has 0 aliphatic carbocycles. The average Bonchev–Trinajstić information content (AvgIpc) is 4.09. The van der Waals surface area contributed by atoms with Crippen molar-refractivity contribution in [2.75, 3.05) is 0 Å². The highest BCUT2D eigenvalue weighted by atomic mass is 16.3. The fraction of sp³-hybridized carbons (Fsp3) is 0. The summed E-state index contributed by atoms with van der Waals surface area (Å²) in [6, 6.07) is -19.8. The maximum Gasteiger partial charge on any atom is 0.136 e. The maximum atomic E-state index is 9.99. The van der Waals surface area contributed by atoms with E-state index in [-0.39, 0.29) is 76.2 Å². The molecule has 0 radical (unpaired) electrons. The summed E-state index contributed by atoms with van der Waals surface area (Å²) in [5.74, 6) is 0. The summed E-state index contributed by atoms with van der Waals surface area (Å²) in [5.41, 5.74) is -4.82. The van der Waals surface area contributed by atoms with Crippen LogP contribution < -0.4 is 0 Å². The lowest BCUT2D eigenvalue weighted by Gasteiger charge is -2.13. The number of rotatable bonds is 2. The van der Waals surface area contributed by atoms with Crippen molar-refractivity contribution < 1.29 is 40.1 Å². The van der Waals surface area contributed by atoms with Gasteiger partial charge in [-0.05, 0) is 93.1 Å². The fourth-order valence-corrected chi connectivity index (χ4v) is 7.48. The van der Waals surface area contributed by atoms with E-state index < -0.39 is 201 Å². The van der Waals surface area contributed by atoms with Gasteiger partial charge in [0.15, 0.2) is 0 Å². The molecule has 51 heavy (non-hydrogen) atoms. The first-order valence-electron chi connectivity index (χ1n) is 28.5. The summed E-state index contributed by atoms with van der Waals surface area (Å²) in [6.07, 6.45) is 0. The van der Waals surface area contributed by atoms with Crippen LogP contribution in [0.5, 0.6) is 0 Å². The van der Waals surface area contributed by atoms with Gasteiger partial charge in [-0.2, -0.15) is 0 Å². The number of furan rings is 1. The molecule has 0 unspecified atom stereocenters. The third-order valence-electron chi connectivity index (χ3n) is 9.55. The summed E-state index contributed by atoms with van der Waals surface area (Å²) >= 11 is 0.